The summed E-state index contributed by atoms with van der Waals surface area (Å²) in [5, 5.41) is 12.9. The van der Waals surface area contributed by atoms with Crippen LogP contribution >= 0.6 is 15.9 Å². The number of nitriles is 1. The summed E-state index contributed by atoms with van der Waals surface area (Å²) in [6.07, 6.45) is 9.24. The third kappa shape index (κ3) is 2.60. The van der Waals surface area contributed by atoms with E-state index in [1.54, 1.807) is 0 Å². The molecule has 1 fully saturated rings. The van der Waals surface area contributed by atoms with Crippen molar-refractivity contribution < 1.29 is 0 Å². The third-order valence-corrected chi connectivity index (χ3v) is 3.53. The molecule has 4 heteroatoms. The van der Waals surface area contributed by atoms with Crippen LogP contribution in [0, 0.1) is 17.2 Å². The highest BCUT2D eigenvalue weighted by molar-refractivity contribution is 9.10. The van der Waals surface area contributed by atoms with Gasteiger partial charge in [0, 0.05) is 12.6 Å². The second-order valence-electron chi connectivity index (χ2n) is 4.17. The Bertz CT molecular complexity index is 366. The Labute approximate surface area is 98.2 Å². The van der Waals surface area contributed by atoms with E-state index in [9.17, 15) is 0 Å². The topological polar surface area (TPSA) is 41.6 Å². The van der Waals surface area contributed by atoms with Gasteiger partial charge in [-0.1, -0.05) is 0 Å². The minimum absolute atomic E-state index is 0.542. The Morgan fingerprint density at radius 2 is 2.47 bits per heavy atom. The van der Waals surface area contributed by atoms with Gasteiger partial charge in [-0.25, -0.2) is 0 Å². The lowest BCUT2D eigenvalue weighted by Gasteiger charge is -2.10. The van der Waals surface area contributed by atoms with Crippen LogP contribution in [-0.4, -0.2) is 9.78 Å². The zero-order valence-corrected chi connectivity index (χ0v) is 10.2. The van der Waals surface area contributed by atoms with Crippen molar-refractivity contribution in [3.8, 4) is 6.07 Å². The molecule has 2 atom stereocenters. The van der Waals surface area contributed by atoms with Crippen molar-refractivity contribution in [3.63, 3.8) is 0 Å². The van der Waals surface area contributed by atoms with E-state index in [-0.39, 0.29) is 0 Å². The first-order valence-electron chi connectivity index (χ1n) is 5.36. The van der Waals surface area contributed by atoms with Crippen molar-refractivity contribution in [2.45, 2.75) is 38.1 Å². The third-order valence-electron chi connectivity index (χ3n) is 3.12. The Morgan fingerprint density at radius 3 is 3.13 bits per heavy atom. The van der Waals surface area contributed by atoms with Crippen LogP contribution in [0.1, 0.15) is 38.1 Å². The highest BCUT2D eigenvalue weighted by Gasteiger charge is 2.25. The minimum Gasteiger partial charge on any atom is -0.269 e. The zero-order chi connectivity index (χ0) is 10.7. The molecule has 0 aromatic carbocycles. The van der Waals surface area contributed by atoms with Crippen molar-refractivity contribution in [3.05, 3.63) is 16.9 Å². The van der Waals surface area contributed by atoms with Gasteiger partial charge in [0.25, 0.3) is 0 Å². The van der Waals surface area contributed by atoms with Gasteiger partial charge in [-0.05, 0) is 47.5 Å². The smallest absolute Gasteiger partial charge is 0.0632 e. The number of hydrogen-bond donors (Lipinski definition) is 0. The van der Waals surface area contributed by atoms with Gasteiger partial charge in [-0.15, -0.1) is 0 Å². The molecule has 1 aliphatic carbocycles. The Balaban J connectivity index is 1.90. The molecule has 1 saturated carbocycles. The quantitative estimate of drug-likeness (QED) is 0.844. The molecule has 0 N–H and O–H groups in total. The predicted octanol–water partition coefficient (Wildman–Crippen LogP) is 3.29. The van der Waals surface area contributed by atoms with Crippen LogP contribution in [0.5, 0.6) is 0 Å². The molecule has 1 aromatic rings. The monoisotopic (exact) mass is 267 g/mol. The Hall–Kier alpha value is -0.820. The minimum atomic E-state index is 0.542. The van der Waals surface area contributed by atoms with Crippen LogP contribution in [0.2, 0.25) is 0 Å². The lowest BCUT2D eigenvalue weighted by atomic mass is 10.0. The first-order valence-corrected chi connectivity index (χ1v) is 6.15. The molecule has 1 unspecified atom stereocenters. The van der Waals surface area contributed by atoms with Crippen LogP contribution in [-0.2, 0) is 0 Å². The SMILES string of the molecule is N#CCCC1CC[C@@H](n2cc(Br)cn2)C1. The van der Waals surface area contributed by atoms with Gasteiger partial charge in [0.15, 0.2) is 0 Å². The van der Waals surface area contributed by atoms with E-state index in [1.165, 1.54) is 19.3 Å². The summed E-state index contributed by atoms with van der Waals surface area (Å²) >= 11 is 3.41. The summed E-state index contributed by atoms with van der Waals surface area (Å²) in [6.45, 7) is 0. The maximum atomic E-state index is 8.54. The van der Waals surface area contributed by atoms with Crippen molar-refractivity contribution in [1.82, 2.24) is 9.78 Å². The maximum absolute atomic E-state index is 8.54. The van der Waals surface area contributed by atoms with Crippen LogP contribution in [0.4, 0.5) is 0 Å². The largest absolute Gasteiger partial charge is 0.269 e. The first-order chi connectivity index (χ1) is 7.29. The van der Waals surface area contributed by atoms with Crippen LogP contribution in [0.3, 0.4) is 0 Å². The summed E-state index contributed by atoms with van der Waals surface area (Å²) in [6, 6.07) is 2.77. The number of rotatable bonds is 3. The Morgan fingerprint density at radius 1 is 1.60 bits per heavy atom. The highest BCUT2D eigenvalue weighted by Crippen LogP contribution is 2.36. The highest BCUT2D eigenvalue weighted by atomic mass is 79.9. The number of nitrogens with zero attached hydrogens (tertiary/aromatic N) is 3. The summed E-state index contributed by atoms with van der Waals surface area (Å²) in [7, 11) is 0. The second kappa shape index (κ2) is 4.80. The molecular formula is C11H14BrN3. The fourth-order valence-electron chi connectivity index (χ4n) is 2.33. The average Bonchev–Trinajstić information content (AvgIpc) is 2.83. The standard InChI is InChI=1S/C11H14BrN3/c12-10-7-14-15(8-10)11-4-3-9(6-11)2-1-5-13/h7-9,11H,1-4,6H2/t9?,11-/m1/s1. The molecule has 0 saturated heterocycles. The van der Waals surface area contributed by atoms with E-state index < -0.39 is 0 Å². The summed E-state index contributed by atoms with van der Waals surface area (Å²) in [5.41, 5.74) is 0. The van der Waals surface area contributed by atoms with Gasteiger partial charge in [-0.2, -0.15) is 10.4 Å². The van der Waals surface area contributed by atoms with Crippen molar-refractivity contribution in [2.24, 2.45) is 5.92 Å². The van der Waals surface area contributed by atoms with E-state index in [2.05, 4.69) is 31.8 Å². The summed E-state index contributed by atoms with van der Waals surface area (Å²) in [5.74, 6) is 0.720. The molecule has 2 rings (SSSR count). The van der Waals surface area contributed by atoms with Gasteiger partial charge in [0.05, 0.1) is 22.8 Å². The fourth-order valence-corrected chi connectivity index (χ4v) is 2.64. The molecule has 1 heterocycles. The normalized spacial score (nSPS) is 25.3. The van der Waals surface area contributed by atoms with Crippen molar-refractivity contribution >= 4 is 15.9 Å². The average molecular weight is 268 g/mol. The van der Waals surface area contributed by atoms with Gasteiger partial charge in [0.2, 0.25) is 0 Å². The van der Waals surface area contributed by atoms with Gasteiger partial charge in [-0.3, -0.25) is 4.68 Å². The van der Waals surface area contributed by atoms with E-state index in [0.717, 1.165) is 16.8 Å². The molecule has 3 nitrogen and oxygen atoms in total. The molecule has 1 aromatic heterocycles. The van der Waals surface area contributed by atoms with Crippen molar-refractivity contribution in [2.75, 3.05) is 0 Å². The molecular weight excluding hydrogens is 254 g/mol. The number of aromatic nitrogens is 2. The summed E-state index contributed by atoms with van der Waals surface area (Å²) in [4.78, 5) is 0. The molecule has 15 heavy (non-hydrogen) atoms. The van der Waals surface area contributed by atoms with Crippen LogP contribution < -0.4 is 0 Å². The van der Waals surface area contributed by atoms with E-state index in [4.69, 9.17) is 5.26 Å². The lowest BCUT2D eigenvalue weighted by molar-refractivity contribution is 0.430. The molecule has 80 valence electrons. The first kappa shape index (κ1) is 10.7. The molecule has 0 radical (unpaired) electrons. The van der Waals surface area contributed by atoms with Crippen LogP contribution in [0.25, 0.3) is 0 Å². The van der Waals surface area contributed by atoms with Gasteiger partial charge < -0.3 is 0 Å². The molecule has 0 bridgehead atoms. The fraction of sp³-hybridized carbons (Fsp3) is 0.636. The van der Waals surface area contributed by atoms with Crippen molar-refractivity contribution in [1.29, 1.82) is 5.26 Å². The van der Waals surface area contributed by atoms with E-state index in [0.29, 0.717) is 12.5 Å². The van der Waals surface area contributed by atoms with Gasteiger partial charge >= 0.3 is 0 Å². The second-order valence-corrected chi connectivity index (χ2v) is 5.08. The van der Waals surface area contributed by atoms with Crippen LogP contribution in [0.15, 0.2) is 16.9 Å². The zero-order valence-electron chi connectivity index (χ0n) is 8.56. The maximum Gasteiger partial charge on any atom is 0.0632 e. The molecule has 0 spiro atoms. The van der Waals surface area contributed by atoms with Gasteiger partial charge in [0.1, 0.15) is 0 Å². The lowest BCUT2D eigenvalue weighted by Crippen LogP contribution is -2.05. The summed E-state index contributed by atoms with van der Waals surface area (Å²) < 4.78 is 3.10. The molecule has 1 aliphatic rings. The number of halogens is 1. The predicted molar refractivity (Wildman–Crippen MR) is 61.2 cm³/mol. The van der Waals surface area contributed by atoms with E-state index in [1.807, 2.05) is 12.4 Å². The molecule has 0 amide bonds. The number of hydrogen-bond acceptors (Lipinski definition) is 2. The molecule has 0 aliphatic heterocycles. The Kier molecular flexibility index (Phi) is 3.42. The van der Waals surface area contributed by atoms with E-state index >= 15 is 0 Å².